The van der Waals surface area contributed by atoms with Gasteiger partial charge in [0.15, 0.2) is 5.96 Å². The predicted molar refractivity (Wildman–Crippen MR) is 102 cm³/mol. The van der Waals surface area contributed by atoms with Gasteiger partial charge in [-0.2, -0.15) is 0 Å². The van der Waals surface area contributed by atoms with Crippen molar-refractivity contribution in [3.63, 3.8) is 0 Å². The molecule has 2 fully saturated rings. The van der Waals surface area contributed by atoms with Crippen LogP contribution in [-0.4, -0.2) is 66.1 Å². The van der Waals surface area contributed by atoms with Gasteiger partial charge in [0.25, 0.3) is 0 Å². The van der Waals surface area contributed by atoms with Crippen molar-refractivity contribution in [1.82, 2.24) is 20.1 Å². The molecule has 0 aromatic carbocycles. The van der Waals surface area contributed by atoms with E-state index in [-0.39, 0.29) is 0 Å². The molecule has 3 heterocycles. The van der Waals surface area contributed by atoms with Gasteiger partial charge < -0.3 is 10.2 Å². The van der Waals surface area contributed by atoms with Gasteiger partial charge in [0, 0.05) is 49.7 Å². The van der Waals surface area contributed by atoms with Gasteiger partial charge in [-0.25, -0.2) is 4.98 Å². The topological polar surface area (TPSA) is 43.8 Å². The number of aliphatic imine (C=N–C) groups is 1. The van der Waals surface area contributed by atoms with Crippen LogP contribution in [0.5, 0.6) is 0 Å². The molecule has 2 aliphatic rings. The van der Waals surface area contributed by atoms with Crippen LogP contribution in [0.3, 0.4) is 0 Å². The Balaban J connectivity index is 1.53. The number of nitrogens with one attached hydrogen (secondary N) is 1. The maximum Gasteiger partial charge on any atom is 0.193 e. The van der Waals surface area contributed by atoms with E-state index in [2.05, 4.69) is 33.9 Å². The Hall–Kier alpha value is -1.14. The van der Waals surface area contributed by atoms with E-state index in [1.807, 2.05) is 17.5 Å². The Morgan fingerprint density at radius 1 is 1.33 bits per heavy atom. The number of aryl methyl sites for hydroxylation is 1. The summed E-state index contributed by atoms with van der Waals surface area (Å²) >= 11 is 1.83. The summed E-state index contributed by atoms with van der Waals surface area (Å²) in [4.78, 5) is 15.9. The summed E-state index contributed by atoms with van der Waals surface area (Å²) in [5.74, 6) is 1.09. The van der Waals surface area contributed by atoms with E-state index in [0.29, 0.717) is 0 Å². The third kappa shape index (κ3) is 4.48. The monoisotopic (exact) mass is 349 g/mol. The van der Waals surface area contributed by atoms with Crippen LogP contribution in [-0.2, 0) is 12.8 Å². The molecule has 3 rings (SSSR count). The van der Waals surface area contributed by atoms with Crippen LogP contribution in [0.1, 0.15) is 43.0 Å². The molecule has 0 spiro atoms. The number of likely N-dealkylation sites (tertiary alicyclic amines) is 2. The molecule has 0 radical (unpaired) electrons. The Bertz CT molecular complexity index is 535. The highest BCUT2D eigenvalue weighted by Gasteiger charge is 2.30. The van der Waals surface area contributed by atoms with Crippen molar-refractivity contribution < 1.29 is 0 Å². The molecule has 0 saturated carbocycles. The number of guanidine groups is 1. The predicted octanol–water partition coefficient (Wildman–Crippen LogP) is 2.38. The zero-order valence-electron chi connectivity index (χ0n) is 15.1. The van der Waals surface area contributed by atoms with Gasteiger partial charge in [-0.05, 0) is 45.7 Å². The third-order valence-corrected chi connectivity index (χ3v) is 6.19. The Labute approximate surface area is 150 Å². The molecule has 134 valence electrons. The first-order valence-corrected chi connectivity index (χ1v) is 10.3. The number of hydrogen-bond acceptors (Lipinski definition) is 4. The van der Waals surface area contributed by atoms with Crippen LogP contribution in [0.15, 0.2) is 11.2 Å². The summed E-state index contributed by atoms with van der Waals surface area (Å²) in [6.45, 7) is 10.9. The third-order valence-electron chi connectivity index (χ3n) is 4.99. The fraction of sp³-hybridized carbons (Fsp3) is 0.778. The van der Waals surface area contributed by atoms with Gasteiger partial charge in [-0.15, -0.1) is 11.3 Å². The molecule has 1 N–H and O–H groups in total. The first-order chi connectivity index (χ1) is 11.8. The summed E-state index contributed by atoms with van der Waals surface area (Å²) in [7, 11) is 0. The van der Waals surface area contributed by atoms with E-state index in [1.54, 1.807) is 0 Å². The number of aromatic nitrogens is 1. The van der Waals surface area contributed by atoms with Crippen molar-refractivity contribution in [3.05, 3.63) is 16.1 Å². The van der Waals surface area contributed by atoms with Gasteiger partial charge in [0.05, 0.1) is 5.01 Å². The van der Waals surface area contributed by atoms with Crippen LogP contribution < -0.4 is 5.32 Å². The lowest BCUT2D eigenvalue weighted by Crippen LogP contribution is -2.42. The van der Waals surface area contributed by atoms with Crippen molar-refractivity contribution in [2.45, 2.75) is 52.0 Å². The fourth-order valence-corrected chi connectivity index (χ4v) is 4.50. The molecule has 24 heavy (non-hydrogen) atoms. The highest BCUT2D eigenvalue weighted by molar-refractivity contribution is 7.11. The van der Waals surface area contributed by atoms with E-state index in [9.17, 15) is 0 Å². The van der Waals surface area contributed by atoms with Crippen molar-refractivity contribution in [2.24, 2.45) is 4.99 Å². The Morgan fingerprint density at radius 2 is 2.17 bits per heavy atom. The first kappa shape index (κ1) is 17.7. The lowest BCUT2D eigenvalue weighted by atomic mass is 10.2. The molecule has 6 heteroatoms. The zero-order chi connectivity index (χ0) is 16.8. The number of thiazole rings is 1. The molecule has 2 saturated heterocycles. The maximum absolute atomic E-state index is 4.87. The number of rotatable bonds is 6. The smallest absolute Gasteiger partial charge is 0.193 e. The van der Waals surface area contributed by atoms with E-state index >= 15 is 0 Å². The lowest BCUT2D eigenvalue weighted by molar-refractivity contribution is 0.249. The molecular formula is C18H31N5S. The van der Waals surface area contributed by atoms with E-state index in [0.717, 1.165) is 51.0 Å². The number of nitrogens with zero attached hydrogens (tertiary/aromatic N) is 4. The van der Waals surface area contributed by atoms with Crippen LogP contribution in [0, 0.1) is 0 Å². The molecule has 1 aromatic heterocycles. The second-order valence-corrected chi connectivity index (χ2v) is 7.89. The van der Waals surface area contributed by atoms with Crippen LogP contribution in [0.2, 0.25) is 0 Å². The van der Waals surface area contributed by atoms with E-state index < -0.39 is 0 Å². The maximum atomic E-state index is 4.87. The Kier molecular flexibility index (Phi) is 6.49. The zero-order valence-corrected chi connectivity index (χ0v) is 15.9. The SMILES string of the molecule is CCNC(=NCCc1ncc(CC)s1)N1CCC(N2CCCC2)C1. The summed E-state index contributed by atoms with van der Waals surface area (Å²) < 4.78 is 0. The molecule has 1 atom stereocenters. The molecule has 0 amide bonds. The lowest BCUT2D eigenvalue weighted by Gasteiger charge is -2.25. The van der Waals surface area contributed by atoms with Crippen LogP contribution >= 0.6 is 11.3 Å². The largest absolute Gasteiger partial charge is 0.357 e. The first-order valence-electron chi connectivity index (χ1n) is 9.51. The molecule has 2 aliphatic heterocycles. The second kappa shape index (κ2) is 8.81. The minimum Gasteiger partial charge on any atom is -0.357 e. The van der Waals surface area contributed by atoms with Gasteiger partial charge >= 0.3 is 0 Å². The van der Waals surface area contributed by atoms with Gasteiger partial charge in [0.2, 0.25) is 0 Å². The fourth-order valence-electron chi connectivity index (χ4n) is 3.65. The Morgan fingerprint density at radius 3 is 2.88 bits per heavy atom. The molecule has 1 unspecified atom stereocenters. The highest BCUT2D eigenvalue weighted by atomic mass is 32.1. The van der Waals surface area contributed by atoms with Gasteiger partial charge in [-0.3, -0.25) is 9.89 Å². The van der Waals surface area contributed by atoms with Crippen molar-refractivity contribution in [2.75, 3.05) is 39.3 Å². The van der Waals surface area contributed by atoms with Crippen LogP contribution in [0.25, 0.3) is 0 Å². The average molecular weight is 350 g/mol. The minimum absolute atomic E-state index is 0.724. The van der Waals surface area contributed by atoms with Crippen LogP contribution in [0.4, 0.5) is 0 Å². The van der Waals surface area contributed by atoms with Gasteiger partial charge in [-0.1, -0.05) is 6.92 Å². The molecule has 0 bridgehead atoms. The van der Waals surface area contributed by atoms with E-state index in [1.165, 1.54) is 42.2 Å². The molecule has 0 aliphatic carbocycles. The summed E-state index contributed by atoms with van der Waals surface area (Å²) in [5, 5.41) is 4.69. The summed E-state index contributed by atoms with van der Waals surface area (Å²) in [6.07, 6.45) is 8.06. The molecular weight excluding hydrogens is 318 g/mol. The van der Waals surface area contributed by atoms with E-state index in [4.69, 9.17) is 4.99 Å². The van der Waals surface area contributed by atoms with Gasteiger partial charge in [0.1, 0.15) is 0 Å². The van der Waals surface area contributed by atoms with Crippen molar-refractivity contribution in [1.29, 1.82) is 0 Å². The normalized spacial score (nSPS) is 22.5. The van der Waals surface area contributed by atoms with Crippen molar-refractivity contribution in [3.8, 4) is 0 Å². The highest BCUT2D eigenvalue weighted by Crippen LogP contribution is 2.20. The average Bonchev–Trinajstić information content (AvgIpc) is 3.33. The molecule has 1 aromatic rings. The summed E-state index contributed by atoms with van der Waals surface area (Å²) in [6, 6.07) is 0.724. The number of hydrogen-bond donors (Lipinski definition) is 1. The standard InChI is InChI=1S/C18H31N5S/c1-3-16-13-21-17(24-16)7-9-20-18(19-4-2)23-12-8-15(14-23)22-10-5-6-11-22/h13,15H,3-12,14H2,1-2H3,(H,19,20). The van der Waals surface area contributed by atoms with Crippen molar-refractivity contribution >= 4 is 17.3 Å². The quantitative estimate of drug-likeness (QED) is 0.633. The minimum atomic E-state index is 0.724. The molecule has 5 nitrogen and oxygen atoms in total. The second-order valence-electron chi connectivity index (χ2n) is 6.69. The summed E-state index contributed by atoms with van der Waals surface area (Å²) in [5.41, 5.74) is 0.